The molecule has 1 rings (SSSR count). The lowest BCUT2D eigenvalue weighted by Gasteiger charge is -2.04. The summed E-state index contributed by atoms with van der Waals surface area (Å²) in [6, 6.07) is 1.66. The van der Waals surface area contributed by atoms with Crippen LogP contribution in [0.3, 0.4) is 0 Å². The highest BCUT2D eigenvalue weighted by atomic mass is 16.5. The lowest BCUT2D eigenvalue weighted by atomic mass is 10.2. The molecule has 0 aliphatic rings. The average molecular weight is 225 g/mol. The number of ether oxygens (including phenoxy) is 1. The van der Waals surface area contributed by atoms with Crippen LogP contribution in [0.1, 0.15) is 19.3 Å². The van der Waals surface area contributed by atoms with Gasteiger partial charge in [-0.2, -0.15) is 4.98 Å². The number of rotatable bonds is 7. The Morgan fingerprint density at radius 1 is 1.56 bits per heavy atom. The SMILES string of the molecule is COc1ccnc(NCCCCC(=O)O)n1. The van der Waals surface area contributed by atoms with E-state index in [4.69, 9.17) is 9.84 Å². The van der Waals surface area contributed by atoms with E-state index in [2.05, 4.69) is 15.3 Å². The number of nitrogens with zero attached hydrogens (tertiary/aromatic N) is 2. The van der Waals surface area contributed by atoms with Crippen LogP contribution >= 0.6 is 0 Å². The largest absolute Gasteiger partial charge is 0.481 e. The number of methoxy groups -OCH3 is 1. The van der Waals surface area contributed by atoms with Crippen molar-refractivity contribution in [2.24, 2.45) is 0 Å². The lowest BCUT2D eigenvalue weighted by molar-refractivity contribution is -0.137. The van der Waals surface area contributed by atoms with Crippen LogP contribution in [0.25, 0.3) is 0 Å². The number of hydrogen-bond acceptors (Lipinski definition) is 5. The minimum Gasteiger partial charge on any atom is -0.481 e. The molecule has 0 aliphatic carbocycles. The molecule has 0 unspecified atom stereocenters. The number of carboxylic acid groups (broad SMARTS) is 1. The monoisotopic (exact) mass is 225 g/mol. The van der Waals surface area contributed by atoms with Crippen molar-refractivity contribution >= 4 is 11.9 Å². The van der Waals surface area contributed by atoms with Crippen molar-refractivity contribution in [3.05, 3.63) is 12.3 Å². The van der Waals surface area contributed by atoms with Crippen molar-refractivity contribution in [2.45, 2.75) is 19.3 Å². The molecule has 0 amide bonds. The van der Waals surface area contributed by atoms with Gasteiger partial charge in [0.2, 0.25) is 11.8 Å². The van der Waals surface area contributed by atoms with Crippen LogP contribution in [0.15, 0.2) is 12.3 Å². The second-order valence-corrected chi connectivity index (χ2v) is 3.20. The fourth-order valence-corrected chi connectivity index (χ4v) is 1.14. The Balaban J connectivity index is 2.23. The fraction of sp³-hybridized carbons (Fsp3) is 0.500. The number of unbranched alkanes of at least 4 members (excludes halogenated alkanes) is 1. The second-order valence-electron chi connectivity index (χ2n) is 3.20. The standard InChI is InChI=1S/C10H15N3O3/c1-16-8-5-7-12-10(13-8)11-6-3-2-4-9(14)15/h5,7H,2-4,6H2,1H3,(H,14,15)(H,11,12,13). The number of aliphatic carboxylic acids is 1. The molecular weight excluding hydrogens is 210 g/mol. The fourth-order valence-electron chi connectivity index (χ4n) is 1.14. The van der Waals surface area contributed by atoms with Crippen molar-refractivity contribution < 1.29 is 14.6 Å². The van der Waals surface area contributed by atoms with Gasteiger partial charge in [-0.1, -0.05) is 0 Å². The van der Waals surface area contributed by atoms with Gasteiger partial charge < -0.3 is 15.2 Å². The third kappa shape index (κ3) is 4.59. The van der Waals surface area contributed by atoms with Gasteiger partial charge in [-0.05, 0) is 12.8 Å². The summed E-state index contributed by atoms with van der Waals surface area (Å²) in [5, 5.41) is 11.4. The van der Waals surface area contributed by atoms with Gasteiger partial charge >= 0.3 is 5.97 Å². The average Bonchev–Trinajstić information content (AvgIpc) is 2.28. The molecule has 2 N–H and O–H groups in total. The number of anilines is 1. The quantitative estimate of drug-likeness (QED) is 0.677. The van der Waals surface area contributed by atoms with Crippen molar-refractivity contribution in [3.8, 4) is 5.88 Å². The normalized spacial score (nSPS) is 9.81. The molecule has 0 radical (unpaired) electrons. The highest BCUT2D eigenvalue weighted by Crippen LogP contribution is 2.07. The van der Waals surface area contributed by atoms with Crippen LogP contribution in [-0.4, -0.2) is 34.7 Å². The Labute approximate surface area is 93.7 Å². The van der Waals surface area contributed by atoms with Gasteiger partial charge in [0, 0.05) is 25.2 Å². The maximum Gasteiger partial charge on any atom is 0.303 e. The molecule has 0 bridgehead atoms. The number of nitrogens with one attached hydrogen (secondary N) is 1. The second kappa shape index (κ2) is 6.60. The van der Waals surface area contributed by atoms with Crippen molar-refractivity contribution in [2.75, 3.05) is 19.0 Å². The zero-order valence-electron chi connectivity index (χ0n) is 9.14. The molecule has 16 heavy (non-hydrogen) atoms. The Bertz CT molecular complexity index is 344. The third-order valence-electron chi connectivity index (χ3n) is 1.94. The van der Waals surface area contributed by atoms with E-state index in [-0.39, 0.29) is 6.42 Å². The van der Waals surface area contributed by atoms with Gasteiger partial charge in [0.1, 0.15) is 0 Å². The predicted octanol–water partition coefficient (Wildman–Crippen LogP) is 1.15. The molecule has 0 spiro atoms. The molecular formula is C10H15N3O3. The van der Waals surface area contributed by atoms with Gasteiger partial charge in [-0.3, -0.25) is 4.79 Å². The van der Waals surface area contributed by atoms with Gasteiger partial charge in [0.05, 0.1) is 7.11 Å². The molecule has 0 saturated carbocycles. The molecule has 1 heterocycles. The highest BCUT2D eigenvalue weighted by molar-refractivity contribution is 5.66. The van der Waals surface area contributed by atoms with Gasteiger partial charge in [0.15, 0.2) is 0 Å². The molecule has 6 heteroatoms. The van der Waals surface area contributed by atoms with Crippen molar-refractivity contribution in [1.29, 1.82) is 0 Å². The molecule has 0 fully saturated rings. The lowest BCUT2D eigenvalue weighted by Crippen LogP contribution is -2.06. The third-order valence-corrected chi connectivity index (χ3v) is 1.94. The van der Waals surface area contributed by atoms with Crippen LogP contribution in [0.2, 0.25) is 0 Å². The molecule has 0 atom stereocenters. The van der Waals surface area contributed by atoms with E-state index in [9.17, 15) is 4.79 Å². The molecule has 0 aliphatic heterocycles. The number of carboxylic acids is 1. The molecule has 6 nitrogen and oxygen atoms in total. The van der Waals surface area contributed by atoms with E-state index < -0.39 is 5.97 Å². The van der Waals surface area contributed by atoms with E-state index >= 15 is 0 Å². The van der Waals surface area contributed by atoms with Crippen LogP contribution in [-0.2, 0) is 4.79 Å². The Morgan fingerprint density at radius 3 is 3.06 bits per heavy atom. The Morgan fingerprint density at radius 2 is 2.38 bits per heavy atom. The summed E-state index contributed by atoms with van der Waals surface area (Å²) in [5.74, 6) is 0.232. The zero-order valence-corrected chi connectivity index (χ0v) is 9.14. The molecule has 88 valence electrons. The maximum atomic E-state index is 10.3. The van der Waals surface area contributed by atoms with Gasteiger partial charge in [-0.25, -0.2) is 4.98 Å². The molecule has 1 aromatic rings. The number of hydrogen-bond donors (Lipinski definition) is 2. The first-order chi connectivity index (χ1) is 7.72. The van der Waals surface area contributed by atoms with Gasteiger partial charge in [-0.15, -0.1) is 0 Å². The van der Waals surface area contributed by atoms with E-state index in [0.717, 1.165) is 6.42 Å². The van der Waals surface area contributed by atoms with Gasteiger partial charge in [0.25, 0.3) is 0 Å². The van der Waals surface area contributed by atoms with E-state index in [0.29, 0.717) is 24.8 Å². The van der Waals surface area contributed by atoms with Crippen molar-refractivity contribution in [3.63, 3.8) is 0 Å². The van der Waals surface area contributed by atoms with E-state index in [1.54, 1.807) is 19.4 Å². The summed E-state index contributed by atoms with van der Waals surface area (Å²) in [5.41, 5.74) is 0. The first-order valence-electron chi connectivity index (χ1n) is 5.05. The minimum atomic E-state index is -0.766. The summed E-state index contributed by atoms with van der Waals surface area (Å²) in [6.07, 6.45) is 3.21. The first-order valence-corrected chi connectivity index (χ1v) is 5.05. The van der Waals surface area contributed by atoms with Crippen LogP contribution < -0.4 is 10.1 Å². The maximum absolute atomic E-state index is 10.3. The molecule has 0 aromatic carbocycles. The Kier molecular flexibility index (Phi) is 5.04. The van der Waals surface area contributed by atoms with Crippen LogP contribution in [0.5, 0.6) is 5.88 Å². The summed E-state index contributed by atoms with van der Waals surface area (Å²) in [6.45, 7) is 0.653. The topological polar surface area (TPSA) is 84.3 Å². The first kappa shape index (κ1) is 12.2. The van der Waals surface area contributed by atoms with Crippen LogP contribution in [0.4, 0.5) is 5.95 Å². The zero-order chi connectivity index (χ0) is 11.8. The number of aromatic nitrogens is 2. The van der Waals surface area contributed by atoms with Crippen molar-refractivity contribution in [1.82, 2.24) is 9.97 Å². The van der Waals surface area contributed by atoms with E-state index in [1.165, 1.54) is 0 Å². The predicted molar refractivity (Wildman–Crippen MR) is 58.6 cm³/mol. The summed E-state index contributed by atoms with van der Waals surface area (Å²) >= 11 is 0. The Hall–Kier alpha value is -1.85. The number of carbonyl (C=O) groups is 1. The summed E-state index contributed by atoms with van der Waals surface area (Å²) in [7, 11) is 1.54. The molecule has 0 saturated heterocycles. The molecule has 1 aromatic heterocycles. The van der Waals surface area contributed by atoms with E-state index in [1.807, 2.05) is 0 Å². The van der Waals surface area contributed by atoms with Crippen LogP contribution in [0, 0.1) is 0 Å². The smallest absolute Gasteiger partial charge is 0.303 e. The minimum absolute atomic E-state index is 0.195. The highest BCUT2D eigenvalue weighted by Gasteiger charge is 1.99. The summed E-state index contributed by atoms with van der Waals surface area (Å²) < 4.78 is 4.94. The summed E-state index contributed by atoms with van der Waals surface area (Å²) in [4.78, 5) is 18.3.